The standard InChI is InChI=1S/C17H20FN3O2S/c1-11-15(24-17(19)20-11)16(22)21-8-2-3-12(9-21)10-23-14-6-4-13(18)5-7-14/h4-7,12H,2-3,8-10H2,1H3,(H2,19,20)/t12-/m0/s1. The van der Waals surface area contributed by atoms with Crippen LogP contribution in [0.1, 0.15) is 28.2 Å². The maximum atomic E-state index is 12.9. The van der Waals surface area contributed by atoms with Gasteiger partial charge in [0, 0.05) is 19.0 Å². The number of amides is 1. The minimum atomic E-state index is -0.281. The molecule has 1 aromatic carbocycles. The van der Waals surface area contributed by atoms with E-state index in [-0.39, 0.29) is 17.6 Å². The molecule has 1 fully saturated rings. The van der Waals surface area contributed by atoms with E-state index in [0.29, 0.717) is 34.6 Å². The second-order valence-corrected chi connectivity index (χ2v) is 7.02. The van der Waals surface area contributed by atoms with Crippen molar-refractivity contribution >= 4 is 22.4 Å². The van der Waals surface area contributed by atoms with Crippen molar-refractivity contribution in [3.63, 3.8) is 0 Å². The lowest BCUT2D eigenvalue weighted by atomic mass is 9.98. The molecule has 5 nitrogen and oxygen atoms in total. The van der Waals surface area contributed by atoms with Crippen LogP contribution in [0, 0.1) is 18.7 Å². The predicted octanol–water partition coefficient (Wildman–Crippen LogP) is 3.10. The molecule has 1 aromatic heterocycles. The summed E-state index contributed by atoms with van der Waals surface area (Å²) >= 11 is 1.24. The smallest absolute Gasteiger partial charge is 0.265 e. The van der Waals surface area contributed by atoms with Gasteiger partial charge in [0.1, 0.15) is 16.4 Å². The summed E-state index contributed by atoms with van der Waals surface area (Å²) in [6.07, 6.45) is 1.95. The summed E-state index contributed by atoms with van der Waals surface area (Å²) in [4.78, 5) is 19.2. The number of halogens is 1. The van der Waals surface area contributed by atoms with Crippen LogP contribution in [0.2, 0.25) is 0 Å². The molecule has 0 saturated carbocycles. The van der Waals surface area contributed by atoms with E-state index in [2.05, 4.69) is 4.98 Å². The van der Waals surface area contributed by atoms with E-state index < -0.39 is 0 Å². The normalized spacial score (nSPS) is 17.8. The van der Waals surface area contributed by atoms with Gasteiger partial charge in [-0.05, 0) is 44.0 Å². The number of aromatic nitrogens is 1. The van der Waals surface area contributed by atoms with Crippen molar-refractivity contribution in [3.05, 3.63) is 40.7 Å². The molecule has 3 rings (SSSR count). The summed E-state index contributed by atoms with van der Waals surface area (Å²) in [5.74, 6) is 0.619. The van der Waals surface area contributed by atoms with Crippen molar-refractivity contribution in [2.24, 2.45) is 5.92 Å². The van der Waals surface area contributed by atoms with Gasteiger partial charge in [0.15, 0.2) is 5.13 Å². The molecular weight excluding hydrogens is 329 g/mol. The molecule has 0 radical (unpaired) electrons. The maximum Gasteiger partial charge on any atom is 0.265 e. The minimum absolute atomic E-state index is 0.00631. The summed E-state index contributed by atoms with van der Waals surface area (Å²) in [5.41, 5.74) is 6.37. The number of anilines is 1. The van der Waals surface area contributed by atoms with Crippen molar-refractivity contribution in [2.75, 3.05) is 25.4 Å². The van der Waals surface area contributed by atoms with Gasteiger partial charge in [0.2, 0.25) is 0 Å². The fourth-order valence-corrected chi connectivity index (χ4v) is 3.69. The molecule has 0 aliphatic carbocycles. The van der Waals surface area contributed by atoms with E-state index in [1.807, 2.05) is 4.90 Å². The fourth-order valence-electron chi connectivity index (χ4n) is 2.89. The molecule has 1 atom stereocenters. The molecule has 0 unspecified atom stereocenters. The molecule has 0 bridgehead atoms. The van der Waals surface area contributed by atoms with Gasteiger partial charge in [-0.1, -0.05) is 11.3 Å². The lowest BCUT2D eigenvalue weighted by molar-refractivity contribution is 0.0637. The third kappa shape index (κ3) is 3.84. The Morgan fingerprint density at radius 2 is 2.21 bits per heavy atom. The molecule has 24 heavy (non-hydrogen) atoms. The highest BCUT2D eigenvalue weighted by Crippen LogP contribution is 2.25. The highest BCUT2D eigenvalue weighted by molar-refractivity contribution is 7.17. The zero-order chi connectivity index (χ0) is 17.1. The topological polar surface area (TPSA) is 68.5 Å². The number of hydrogen-bond donors (Lipinski definition) is 1. The number of rotatable bonds is 4. The predicted molar refractivity (Wildman–Crippen MR) is 91.8 cm³/mol. The minimum Gasteiger partial charge on any atom is -0.493 e. The Kier molecular flexibility index (Phi) is 4.99. The first kappa shape index (κ1) is 16.7. The van der Waals surface area contributed by atoms with Crippen molar-refractivity contribution in [1.82, 2.24) is 9.88 Å². The van der Waals surface area contributed by atoms with E-state index in [0.717, 1.165) is 19.4 Å². The van der Waals surface area contributed by atoms with Gasteiger partial charge in [-0.15, -0.1) is 0 Å². The summed E-state index contributed by atoms with van der Waals surface area (Å²) < 4.78 is 18.6. The molecular formula is C17H20FN3O2S. The number of nitrogens with zero attached hydrogens (tertiary/aromatic N) is 2. The molecule has 2 aromatic rings. The number of aryl methyl sites for hydroxylation is 1. The molecule has 1 saturated heterocycles. The van der Waals surface area contributed by atoms with Crippen molar-refractivity contribution in [1.29, 1.82) is 0 Å². The number of nitrogen functional groups attached to an aromatic ring is 1. The number of likely N-dealkylation sites (tertiary alicyclic amines) is 1. The summed E-state index contributed by atoms with van der Waals surface area (Å²) in [7, 11) is 0. The monoisotopic (exact) mass is 349 g/mol. The number of ether oxygens (including phenoxy) is 1. The van der Waals surface area contributed by atoms with E-state index in [4.69, 9.17) is 10.5 Å². The number of piperidine rings is 1. The molecule has 2 N–H and O–H groups in total. The van der Waals surface area contributed by atoms with Crippen LogP contribution < -0.4 is 10.5 Å². The van der Waals surface area contributed by atoms with Gasteiger partial charge in [-0.3, -0.25) is 4.79 Å². The van der Waals surface area contributed by atoms with Gasteiger partial charge < -0.3 is 15.4 Å². The van der Waals surface area contributed by atoms with Crippen LogP contribution in [0.4, 0.5) is 9.52 Å². The highest BCUT2D eigenvalue weighted by atomic mass is 32.1. The van der Waals surface area contributed by atoms with Gasteiger partial charge in [0.05, 0.1) is 12.3 Å². The Bertz CT molecular complexity index is 717. The SMILES string of the molecule is Cc1nc(N)sc1C(=O)N1CCC[C@H](COc2ccc(F)cc2)C1. The lowest BCUT2D eigenvalue weighted by Crippen LogP contribution is -2.41. The number of hydrogen-bond acceptors (Lipinski definition) is 5. The van der Waals surface area contributed by atoms with Crippen LogP contribution in [-0.4, -0.2) is 35.5 Å². The van der Waals surface area contributed by atoms with Gasteiger partial charge >= 0.3 is 0 Å². The van der Waals surface area contributed by atoms with Crippen molar-refractivity contribution in [2.45, 2.75) is 19.8 Å². The molecule has 128 valence electrons. The van der Waals surface area contributed by atoms with E-state index in [9.17, 15) is 9.18 Å². The zero-order valence-corrected chi connectivity index (χ0v) is 14.3. The van der Waals surface area contributed by atoms with Crippen molar-refractivity contribution in [3.8, 4) is 5.75 Å². The number of carbonyl (C=O) groups excluding carboxylic acids is 1. The number of benzene rings is 1. The molecule has 2 heterocycles. The lowest BCUT2D eigenvalue weighted by Gasteiger charge is -2.32. The summed E-state index contributed by atoms with van der Waals surface area (Å²) in [6, 6.07) is 5.99. The Morgan fingerprint density at radius 1 is 1.46 bits per heavy atom. The second kappa shape index (κ2) is 7.17. The number of thiazole rings is 1. The van der Waals surface area contributed by atoms with Crippen LogP contribution in [0.3, 0.4) is 0 Å². The third-order valence-electron chi connectivity index (χ3n) is 4.11. The molecule has 1 aliphatic heterocycles. The van der Waals surface area contributed by atoms with Crippen LogP contribution in [0.15, 0.2) is 24.3 Å². The number of nitrogens with two attached hydrogens (primary N) is 1. The quantitative estimate of drug-likeness (QED) is 0.921. The van der Waals surface area contributed by atoms with E-state index >= 15 is 0 Å². The van der Waals surface area contributed by atoms with Crippen LogP contribution in [0.25, 0.3) is 0 Å². The zero-order valence-electron chi connectivity index (χ0n) is 13.5. The molecule has 1 amide bonds. The van der Waals surface area contributed by atoms with Gasteiger partial charge in [0.25, 0.3) is 5.91 Å². The van der Waals surface area contributed by atoms with Crippen LogP contribution in [0.5, 0.6) is 5.75 Å². The van der Waals surface area contributed by atoms with E-state index in [1.165, 1.54) is 23.5 Å². The number of carbonyl (C=O) groups is 1. The Balaban J connectivity index is 1.58. The molecule has 7 heteroatoms. The van der Waals surface area contributed by atoms with E-state index in [1.54, 1.807) is 19.1 Å². The highest BCUT2D eigenvalue weighted by Gasteiger charge is 2.27. The van der Waals surface area contributed by atoms with Gasteiger partial charge in [-0.25, -0.2) is 9.37 Å². The average molecular weight is 349 g/mol. The fraction of sp³-hybridized carbons (Fsp3) is 0.412. The maximum absolute atomic E-state index is 12.9. The second-order valence-electron chi connectivity index (χ2n) is 5.99. The Morgan fingerprint density at radius 3 is 2.88 bits per heavy atom. The first-order chi connectivity index (χ1) is 11.5. The molecule has 0 spiro atoms. The average Bonchev–Trinajstić information content (AvgIpc) is 2.92. The summed E-state index contributed by atoms with van der Waals surface area (Å²) in [6.45, 7) is 3.71. The third-order valence-corrected chi connectivity index (χ3v) is 5.09. The van der Waals surface area contributed by atoms with Crippen LogP contribution >= 0.6 is 11.3 Å². The summed E-state index contributed by atoms with van der Waals surface area (Å²) in [5, 5.41) is 0.420. The first-order valence-corrected chi connectivity index (χ1v) is 8.75. The molecule has 1 aliphatic rings. The Labute approximate surface area is 144 Å². The van der Waals surface area contributed by atoms with Gasteiger partial charge in [-0.2, -0.15) is 0 Å². The first-order valence-electron chi connectivity index (χ1n) is 7.93. The Hall–Kier alpha value is -2.15. The van der Waals surface area contributed by atoms with Crippen LogP contribution in [-0.2, 0) is 0 Å². The largest absolute Gasteiger partial charge is 0.493 e. The van der Waals surface area contributed by atoms with Crippen molar-refractivity contribution < 1.29 is 13.9 Å².